The van der Waals surface area contributed by atoms with Crippen LogP contribution in [0.1, 0.15) is 106 Å². The van der Waals surface area contributed by atoms with Crippen molar-refractivity contribution in [1.82, 2.24) is 36.4 Å². The zero-order valence-corrected chi connectivity index (χ0v) is 54.5. The minimum atomic E-state index is -0.894. The molecule has 2 saturated heterocycles. The van der Waals surface area contributed by atoms with E-state index in [1.54, 1.807) is 0 Å². The number of amides is 7. The average Bonchev–Trinajstić information content (AvgIpc) is 1.61. The van der Waals surface area contributed by atoms with E-state index in [9.17, 15) is 33.6 Å². The lowest BCUT2D eigenvalue weighted by molar-refractivity contribution is -0.133. The number of ether oxygens (including phenoxy) is 7. The number of hydrogen-bond acceptors (Lipinski definition) is 15. The third-order valence-corrected chi connectivity index (χ3v) is 18.8. The summed E-state index contributed by atoms with van der Waals surface area (Å²) in [6.07, 6.45) is 3.38. The van der Waals surface area contributed by atoms with Crippen LogP contribution in [-0.2, 0) is 57.2 Å². The van der Waals surface area contributed by atoms with Gasteiger partial charge in [0.25, 0.3) is 17.7 Å². The number of nitrogens with one attached hydrogen (secondary N) is 5. The second-order valence-corrected chi connectivity index (χ2v) is 25.8. The molecule has 96 heavy (non-hydrogen) atoms. The molecule has 5 aromatic rings. The fourth-order valence-electron chi connectivity index (χ4n) is 13.0. The van der Waals surface area contributed by atoms with Crippen LogP contribution in [0.3, 0.4) is 0 Å². The minimum Gasteiger partial charge on any atom is -0.483 e. The molecule has 5 N–H and O–H groups in total. The van der Waals surface area contributed by atoms with E-state index in [0.29, 0.717) is 72.5 Å². The topological polar surface area (TPSA) is 268 Å². The van der Waals surface area contributed by atoms with Gasteiger partial charge >= 0.3 is 0 Å². The fourth-order valence-corrected chi connectivity index (χ4v) is 13.0. The van der Waals surface area contributed by atoms with Crippen molar-refractivity contribution in [2.24, 2.45) is 23.7 Å². The highest BCUT2D eigenvalue weighted by atomic mass is 16.6. The molecule has 0 bridgehead atoms. The summed E-state index contributed by atoms with van der Waals surface area (Å²) in [6, 6.07) is 43.6. The lowest BCUT2D eigenvalue weighted by Crippen LogP contribution is -2.43. The molecule has 22 heteroatoms. The summed E-state index contributed by atoms with van der Waals surface area (Å²) in [7, 11) is 0. The zero-order chi connectivity index (χ0) is 66.8. The first-order valence-electron chi connectivity index (χ1n) is 33.9. The maximum absolute atomic E-state index is 15.1. The van der Waals surface area contributed by atoms with Crippen molar-refractivity contribution in [2.75, 3.05) is 119 Å². The summed E-state index contributed by atoms with van der Waals surface area (Å²) in [5.74, 6) is -5.93. The monoisotopic (exact) mass is 1320 g/mol. The predicted octanol–water partition coefficient (Wildman–Crippen LogP) is 5.33. The van der Waals surface area contributed by atoms with Crippen molar-refractivity contribution in [3.63, 3.8) is 0 Å². The average molecular weight is 1320 g/mol. The van der Waals surface area contributed by atoms with Gasteiger partial charge in [-0.05, 0) is 73.1 Å². The number of hydrogen-bond donors (Lipinski definition) is 5. The fraction of sp³-hybridized carbons (Fsp3) is 0.486. The van der Waals surface area contributed by atoms with Crippen LogP contribution < -0.4 is 31.3 Å². The largest absolute Gasteiger partial charge is 0.483 e. The van der Waals surface area contributed by atoms with Crippen LogP contribution >= 0.6 is 0 Å². The molecule has 22 nitrogen and oxygen atoms in total. The number of benzene rings is 5. The number of Topliss-reactive ketones (excluding diaryl/α,β-unsaturated/α-hetero) is 1. The van der Waals surface area contributed by atoms with Crippen LogP contribution in [0, 0.1) is 23.7 Å². The highest BCUT2D eigenvalue weighted by Crippen LogP contribution is 2.45. The standard InChI is InChI=1S/C74H89N7O15/c1-48(82)24-26-90-28-30-92-32-34-94-36-37-95-35-33-93-31-29-91-27-25-75-68(83)47-96-67-38-53(73(88)80-43-59(69(84)76-63-39-55(63)49-14-6-2-7-15-49)60(44-80)70(85)77-64-40-56(64)50-16-8-3-9-17-50)22-23-54(67)74(89)81-45-61(71(86)78-65-41-57(65)51-18-10-4-11-19-51)62(46-81)72(87)79-66-42-58(66)52-20-12-5-13-21-52/h2-23,38,55-66H,24-37,39-47H2,1H3,(H,75,83)(H,76,84)(H,77,85)(H,78,86)(H,79,87)/t55-,56-,57-,58-,59-,60-,61-,62-,63+,64+,65+,66+/m1/s1. The van der Waals surface area contributed by atoms with Crippen molar-refractivity contribution in [3.05, 3.63) is 173 Å². The quantitative estimate of drug-likeness (QED) is 0.0313. The molecule has 6 fully saturated rings. The second kappa shape index (κ2) is 34.0. The first-order valence-corrected chi connectivity index (χ1v) is 33.9. The number of carbonyl (C=O) groups excluding carboxylic acids is 8. The Hall–Kier alpha value is -8.38. The van der Waals surface area contributed by atoms with Crippen molar-refractivity contribution in [3.8, 4) is 5.75 Å². The van der Waals surface area contributed by atoms with Gasteiger partial charge in [0.15, 0.2) is 6.61 Å². The molecule has 4 saturated carbocycles. The summed E-state index contributed by atoms with van der Waals surface area (Å²) in [6.45, 7) is 5.07. The van der Waals surface area contributed by atoms with Crippen LogP contribution in [-0.4, -0.2) is 200 Å². The SMILES string of the molecule is CC(=O)CCOCCOCCOCCOCCOCCOCCNC(=O)COc1cc(C(=O)N2C[C@@H](C(=O)N[C@H]3C[C@@H]3c3ccccc3)[C@H](C(=O)N[C@H]3C[C@@H]3c3ccccc3)C2)ccc1C(=O)N1C[C@@H](C(=O)N[C@H]2C[C@@H]2c2ccccc2)[C@H](C(=O)N[C@H]2C[C@@H]2c2ccccc2)C1. The van der Waals surface area contributed by atoms with Gasteiger partial charge in [-0.2, -0.15) is 0 Å². The Labute approximate surface area is 560 Å². The van der Waals surface area contributed by atoms with Gasteiger partial charge in [0.2, 0.25) is 23.6 Å². The van der Waals surface area contributed by atoms with E-state index in [2.05, 4.69) is 26.6 Å². The Morgan fingerprint density at radius 1 is 0.396 bits per heavy atom. The van der Waals surface area contributed by atoms with E-state index >= 15 is 4.79 Å². The molecule has 11 rings (SSSR count). The van der Waals surface area contributed by atoms with Crippen LogP contribution in [0.2, 0.25) is 0 Å². The Kier molecular flexibility index (Phi) is 24.4. The maximum atomic E-state index is 15.1. The Bertz CT molecular complexity index is 3290. The van der Waals surface area contributed by atoms with E-state index in [1.807, 2.05) is 121 Å². The van der Waals surface area contributed by atoms with Crippen molar-refractivity contribution >= 4 is 47.1 Å². The zero-order valence-electron chi connectivity index (χ0n) is 54.5. The van der Waals surface area contributed by atoms with Gasteiger partial charge in [0, 0.05) is 92.5 Å². The third-order valence-electron chi connectivity index (χ3n) is 18.8. The van der Waals surface area contributed by atoms with E-state index < -0.39 is 48.0 Å². The van der Waals surface area contributed by atoms with E-state index in [0.717, 1.165) is 47.9 Å². The van der Waals surface area contributed by atoms with E-state index in [-0.39, 0.29) is 140 Å². The first-order chi connectivity index (χ1) is 46.9. The van der Waals surface area contributed by atoms with Crippen LogP contribution in [0.5, 0.6) is 5.75 Å². The van der Waals surface area contributed by atoms with Crippen molar-refractivity contribution in [2.45, 2.75) is 86.9 Å². The molecule has 2 aliphatic heterocycles. The summed E-state index contributed by atoms with van der Waals surface area (Å²) < 4.78 is 39.4. The predicted molar refractivity (Wildman–Crippen MR) is 354 cm³/mol. The van der Waals surface area contributed by atoms with Crippen LogP contribution in [0.4, 0.5) is 0 Å². The highest BCUT2D eigenvalue weighted by molar-refractivity contribution is 6.02. The minimum absolute atomic E-state index is 0.00659. The van der Waals surface area contributed by atoms with Gasteiger partial charge < -0.3 is 69.5 Å². The van der Waals surface area contributed by atoms with E-state index in [1.165, 1.54) is 34.9 Å². The van der Waals surface area contributed by atoms with Crippen molar-refractivity contribution in [1.29, 1.82) is 0 Å². The normalized spacial score (nSPS) is 24.3. The number of likely N-dealkylation sites (tertiary alicyclic amines) is 2. The summed E-state index contributed by atoms with van der Waals surface area (Å²) in [5, 5.41) is 15.5. The van der Waals surface area contributed by atoms with Gasteiger partial charge in [-0.3, -0.25) is 38.4 Å². The van der Waals surface area contributed by atoms with Crippen LogP contribution in [0.15, 0.2) is 140 Å². The molecule has 0 spiro atoms. The van der Waals surface area contributed by atoms with Crippen LogP contribution in [0.25, 0.3) is 0 Å². The molecule has 6 aliphatic rings. The summed E-state index contributed by atoms with van der Waals surface area (Å²) in [4.78, 5) is 115. The molecule has 7 amide bonds. The molecule has 0 unspecified atom stereocenters. The molecule has 4 aliphatic carbocycles. The van der Waals surface area contributed by atoms with Gasteiger partial charge in [-0.1, -0.05) is 121 Å². The lowest BCUT2D eigenvalue weighted by atomic mass is 9.94. The number of carbonyl (C=O) groups is 8. The molecular weight excluding hydrogens is 1230 g/mol. The van der Waals surface area contributed by atoms with Gasteiger partial charge in [-0.15, -0.1) is 0 Å². The lowest BCUT2D eigenvalue weighted by Gasteiger charge is -2.21. The number of rotatable bonds is 38. The molecular formula is C74H89N7O15. The van der Waals surface area contributed by atoms with Gasteiger partial charge in [-0.25, -0.2) is 0 Å². The number of ketones is 1. The molecule has 5 aromatic carbocycles. The smallest absolute Gasteiger partial charge is 0.258 e. The maximum Gasteiger partial charge on any atom is 0.258 e. The summed E-state index contributed by atoms with van der Waals surface area (Å²) >= 11 is 0. The molecule has 0 aromatic heterocycles. The molecule has 510 valence electrons. The highest BCUT2D eigenvalue weighted by Gasteiger charge is 2.51. The van der Waals surface area contributed by atoms with Gasteiger partial charge in [0.05, 0.1) is 109 Å². The Morgan fingerprint density at radius 2 is 0.719 bits per heavy atom. The number of nitrogens with zero attached hydrogens (tertiary/aromatic N) is 2. The van der Waals surface area contributed by atoms with E-state index in [4.69, 9.17) is 33.2 Å². The Morgan fingerprint density at radius 3 is 1.06 bits per heavy atom. The molecule has 2 heterocycles. The first kappa shape index (κ1) is 69.0. The third kappa shape index (κ3) is 19.4. The van der Waals surface area contributed by atoms with Gasteiger partial charge in [0.1, 0.15) is 11.5 Å². The molecule has 0 radical (unpaired) electrons. The molecule has 12 atom stereocenters. The van der Waals surface area contributed by atoms with Crippen molar-refractivity contribution < 1.29 is 71.5 Å². The second-order valence-electron chi connectivity index (χ2n) is 25.8. The summed E-state index contributed by atoms with van der Waals surface area (Å²) in [5.41, 5.74) is 4.52. The Balaban J connectivity index is 0.723.